The number of carbonyl (C=O) groups is 2. The monoisotopic (exact) mass is 324 g/mol. The van der Waals surface area contributed by atoms with Gasteiger partial charge >= 0.3 is 12.1 Å². The van der Waals surface area contributed by atoms with Crippen molar-refractivity contribution < 1.29 is 27.5 Å². The minimum atomic E-state index is -4.80. The van der Waals surface area contributed by atoms with Gasteiger partial charge in [-0.25, -0.2) is 9.78 Å². The lowest BCUT2D eigenvalue weighted by atomic mass is 9.96. The summed E-state index contributed by atoms with van der Waals surface area (Å²) >= 11 is 0.441. The van der Waals surface area contributed by atoms with Crippen LogP contribution in [0.3, 0.4) is 0 Å². The fourth-order valence-corrected chi connectivity index (χ4v) is 2.06. The maximum absolute atomic E-state index is 12.9. The van der Waals surface area contributed by atoms with Crippen LogP contribution in [0.1, 0.15) is 43.1 Å². The largest absolute Gasteiger partial charge is 0.462 e. The van der Waals surface area contributed by atoms with Crippen molar-refractivity contribution in [1.82, 2.24) is 4.98 Å². The smallest absolute Gasteiger partial charge is 0.435 e. The van der Waals surface area contributed by atoms with Crippen molar-refractivity contribution in [3.05, 3.63) is 10.6 Å². The zero-order chi connectivity index (χ0) is 16.4. The second-order valence-electron chi connectivity index (χ2n) is 5.12. The summed E-state index contributed by atoms with van der Waals surface area (Å²) in [6, 6.07) is 0. The molecule has 1 amide bonds. The molecule has 0 aliphatic carbocycles. The van der Waals surface area contributed by atoms with Gasteiger partial charge in [-0.1, -0.05) is 32.1 Å². The first-order valence-electron chi connectivity index (χ1n) is 6.03. The molecule has 118 valence electrons. The standard InChI is InChI=1S/C12H15F3N2O3S/c1-5-20-8(18)6-7(12(13,14)15)16-10(21-6)17-9(19)11(2,3)4/h5H2,1-4H3,(H,16,17,19). The molecular weight excluding hydrogens is 309 g/mol. The molecule has 0 aliphatic heterocycles. The molecular formula is C12H15F3N2O3S. The number of halogens is 3. The van der Waals surface area contributed by atoms with E-state index >= 15 is 0 Å². The number of rotatable bonds is 3. The highest BCUT2D eigenvalue weighted by Gasteiger charge is 2.40. The molecule has 21 heavy (non-hydrogen) atoms. The normalized spacial score (nSPS) is 12.1. The van der Waals surface area contributed by atoms with Crippen LogP contribution in [-0.4, -0.2) is 23.5 Å². The average molecular weight is 324 g/mol. The number of esters is 1. The van der Waals surface area contributed by atoms with Crippen molar-refractivity contribution in [3.8, 4) is 0 Å². The second-order valence-corrected chi connectivity index (χ2v) is 6.12. The van der Waals surface area contributed by atoms with Crippen molar-refractivity contribution in [2.75, 3.05) is 11.9 Å². The number of amides is 1. The number of ether oxygens (including phenoxy) is 1. The number of nitrogens with one attached hydrogen (secondary N) is 1. The van der Waals surface area contributed by atoms with Crippen molar-refractivity contribution in [2.45, 2.75) is 33.9 Å². The predicted octanol–water partition coefficient (Wildman–Crippen LogP) is 3.32. The molecule has 1 aromatic rings. The van der Waals surface area contributed by atoms with Gasteiger partial charge < -0.3 is 10.1 Å². The van der Waals surface area contributed by atoms with Crippen LogP contribution in [-0.2, 0) is 15.7 Å². The fourth-order valence-electron chi connectivity index (χ4n) is 1.19. The van der Waals surface area contributed by atoms with Crippen LogP contribution < -0.4 is 5.32 Å². The molecule has 1 N–H and O–H groups in total. The van der Waals surface area contributed by atoms with Gasteiger partial charge in [-0.3, -0.25) is 4.79 Å². The summed E-state index contributed by atoms with van der Waals surface area (Å²) < 4.78 is 43.1. The molecule has 0 unspecified atom stereocenters. The third-order valence-electron chi connectivity index (χ3n) is 2.26. The van der Waals surface area contributed by atoms with Gasteiger partial charge in [-0.05, 0) is 6.92 Å². The molecule has 0 radical (unpaired) electrons. The molecule has 5 nitrogen and oxygen atoms in total. The van der Waals surface area contributed by atoms with Crippen molar-refractivity contribution >= 4 is 28.3 Å². The molecule has 0 fully saturated rings. The Balaban J connectivity index is 3.15. The number of thiazole rings is 1. The van der Waals surface area contributed by atoms with Gasteiger partial charge in [0.15, 0.2) is 10.8 Å². The number of hydrogen-bond donors (Lipinski definition) is 1. The van der Waals surface area contributed by atoms with E-state index in [0.29, 0.717) is 11.3 Å². The van der Waals surface area contributed by atoms with E-state index in [9.17, 15) is 22.8 Å². The van der Waals surface area contributed by atoms with Crippen molar-refractivity contribution in [1.29, 1.82) is 0 Å². The molecule has 0 spiro atoms. The van der Waals surface area contributed by atoms with Crippen molar-refractivity contribution in [3.63, 3.8) is 0 Å². The van der Waals surface area contributed by atoms with E-state index in [1.165, 1.54) is 6.92 Å². The van der Waals surface area contributed by atoms with Gasteiger partial charge in [0.1, 0.15) is 4.88 Å². The number of hydrogen-bond acceptors (Lipinski definition) is 5. The summed E-state index contributed by atoms with van der Waals surface area (Å²) in [5.74, 6) is -1.61. The number of alkyl halides is 3. The highest BCUT2D eigenvalue weighted by atomic mass is 32.1. The van der Waals surface area contributed by atoms with Gasteiger partial charge in [0.25, 0.3) is 0 Å². The van der Waals surface area contributed by atoms with Crippen LogP contribution in [0.5, 0.6) is 0 Å². The van der Waals surface area contributed by atoms with Crippen LogP contribution in [0.15, 0.2) is 0 Å². The van der Waals surface area contributed by atoms with Gasteiger partial charge in [0.2, 0.25) is 5.91 Å². The summed E-state index contributed by atoms with van der Waals surface area (Å²) in [6.07, 6.45) is -4.80. The second kappa shape index (κ2) is 6.00. The first-order valence-corrected chi connectivity index (χ1v) is 6.85. The number of nitrogens with zero attached hydrogens (tertiary/aromatic N) is 1. The highest BCUT2D eigenvalue weighted by molar-refractivity contribution is 7.17. The maximum atomic E-state index is 12.9. The van der Waals surface area contributed by atoms with Gasteiger partial charge in [0.05, 0.1) is 6.61 Å². The fraction of sp³-hybridized carbons (Fsp3) is 0.583. The van der Waals surface area contributed by atoms with E-state index in [0.717, 1.165) is 0 Å². The van der Waals surface area contributed by atoms with Crippen LogP contribution in [0.2, 0.25) is 0 Å². The third kappa shape index (κ3) is 4.42. The highest BCUT2D eigenvalue weighted by Crippen LogP contribution is 2.36. The molecule has 1 aromatic heterocycles. The summed E-state index contributed by atoms with van der Waals surface area (Å²) in [7, 11) is 0. The Labute approximate surface area is 123 Å². The van der Waals surface area contributed by atoms with E-state index in [2.05, 4.69) is 15.0 Å². The molecule has 9 heteroatoms. The van der Waals surface area contributed by atoms with E-state index in [1.807, 2.05) is 0 Å². The van der Waals surface area contributed by atoms with Crippen molar-refractivity contribution in [2.24, 2.45) is 5.41 Å². The van der Waals surface area contributed by atoms with E-state index in [-0.39, 0.29) is 11.7 Å². The minimum Gasteiger partial charge on any atom is -0.462 e. The summed E-state index contributed by atoms with van der Waals surface area (Å²) in [5, 5.41) is 1.99. The zero-order valence-corrected chi connectivity index (χ0v) is 12.7. The minimum absolute atomic E-state index is 0.0578. The summed E-state index contributed by atoms with van der Waals surface area (Å²) in [4.78, 5) is 25.9. The molecule has 1 rings (SSSR count). The molecule has 0 saturated heterocycles. The Morgan fingerprint density at radius 3 is 2.29 bits per heavy atom. The topological polar surface area (TPSA) is 68.3 Å². The number of anilines is 1. The van der Waals surface area contributed by atoms with Crippen LogP contribution in [0, 0.1) is 5.41 Å². The quantitative estimate of drug-likeness (QED) is 0.866. The molecule has 0 aliphatic rings. The van der Waals surface area contributed by atoms with Gasteiger partial charge in [0, 0.05) is 5.41 Å². The van der Waals surface area contributed by atoms with Crippen LogP contribution >= 0.6 is 11.3 Å². The van der Waals surface area contributed by atoms with Crippen LogP contribution in [0.4, 0.5) is 18.3 Å². The number of aromatic nitrogens is 1. The molecule has 0 atom stereocenters. The Hall–Kier alpha value is -1.64. The first-order chi connectivity index (χ1) is 9.46. The maximum Gasteiger partial charge on any atom is 0.435 e. The van der Waals surface area contributed by atoms with Gasteiger partial charge in [-0.2, -0.15) is 13.2 Å². The summed E-state index contributed by atoms with van der Waals surface area (Å²) in [6.45, 7) is 6.23. The van der Waals surface area contributed by atoms with Crippen LogP contribution in [0.25, 0.3) is 0 Å². The van der Waals surface area contributed by atoms with E-state index in [4.69, 9.17) is 0 Å². The third-order valence-corrected chi connectivity index (χ3v) is 3.21. The summed E-state index contributed by atoms with van der Waals surface area (Å²) in [5.41, 5.74) is -2.15. The van der Waals surface area contributed by atoms with E-state index in [1.54, 1.807) is 20.8 Å². The lowest BCUT2D eigenvalue weighted by molar-refractivity contribution is -0.141. The Morgan fingerprint density at radius 1 is 1.29 bits per heavy atom. The first kappa shape index (κ1) is 17.4. The van der Waals surface area contributed by atoms with E-state index < -0.39 is 34.0 Å². The van der Waals surface area contributed by atoms with Gasteiger partial charge in [-0.15, -0.1) is 0 Å². The zero-order valence-electron chi connectivity index (χ0n) is 11.9. The number of carbonyl (C=O) groups excluding carboxylic acids is 2. The Morgan fingerprint density at radius 2 is 1.86 bits per heavy atom. The lowest BCUT2D eigenvalue weighted by Gasteiger charge is -2.15. The Bertz CT molecular complexity index is 547. The Kier molecular flexibility index (Phi) is 4.98. The molecule has 0 bridgehead atoms. The molecule has 1 heterocycles. The lowest BCUT2D eigenvalue weighted by Crippen LogP contribution is -2.27. The molecule has 0 saturated carbocycles. The predicted molar refractivity (Wildman–Crippen MR) is 71.2 cm³/mol. The molecule has 0 aromatic carbocycles. The SMILES string of the molecule is CCOC(=O)c1sc(NC(=O)C(C)(C)C)nc1C(F)(F)F. The average Bonchev–Trinajstić information content (AvgIpc) is 2.71.